The number of aliphatic carboxylic acids is 1. The first-order chi connectivity index (χ1) is 16.2. The van der Waals surface area contributed by atoms with Gasteiger partial charge >= 0.3 is 0 Å². The van der Waals surface area contributed by atoms with Crippen LogP contribution in [0.2, 0.25) is 0 Å². The number of ether oxygens (including phenoxy) is 1. The largest absolute Gasteiger partial charge is 0.507 e. The molecule has 0 unspecified atom stereocenters. The van der Waals surface area contributed by atoms with E-state index in [1.165, 1.54) is 7.11 Å². The van der Waals surface area contributed by atoms with Crippen LogP contribution in [0.4, 0.5) is 0 Å². The van der Waals surface area contributed by atoms with Crippen molar-refractivity contribution in [3.05, 3.63) is 77.9 Å². The van der Waals surface area contributed by atoms with Crippen LogP contribution in [-0.4, -0.2) is 38.4 Å². The predicted octanol–water partition coefficient (Wildman–Crippen LogP) is 5.60. The van der Waals surface area contributed by atoms with E-state index >= 15 is 0 Å². The molecule has 0 bridgehead atoms. The number of carboxylic acids is 1. The number of aromatic hydroxyl groups is 2. The Morgan fingerprint density at radius 1 is 0.743 bits per heavy atom. The van der Waals surface area contributed by atoms with Crippen LogP contribution in [-0.2, 0) is 21.9 Å². The van der Waals surface area contributed by atoms with Crippen molar-refractivity contribution in [3.63, 3.8) is 0 Å². The van der Waals surface area contributed by atoms with Crippen molar-refractivity contribution in [2.45, 2.75) is 20.8 Å². The predicted molar refractivity (Wildman–Crippen MR) is 131 cm³/mol. The van der Waals surface area contributed by atoms with Crippen LogP contribution >= 0.6 is 0 Å². The second-order valence-electron chi connectivity index (χ2n) is 7.60. The summed E-state index contributed by atoms with van der Waals surface area (Å²) in [5.74, 6) is -0.154. The number of methoxy groups -OCH3 is 1. The average Bonchev–Trinajstić information content (AvgIpc) is 2.82. The fourth-order valence-corrected chi connectivity index (χ4v) is 3.36. The number of nitrogens with zero attached hydrogens (tertiary/aromatic N) is 2. The van der Waals surface area contributed by atoms with Crippen molar-refractivity contribution in [3.8, 4) is 51.2 Å². The molecular weight excluding hydrogens is 487 g/mol. The van der Waals surface area contributed by atoms with E-state index in [0.717, 1.165) is 18.1 Å². The molecule has 0 spiro atoms. The number of aryl methyl sites for hydroxylation is 1. The van der Waals surface area contributed by atoms with Crippen molar-refractivity contribution < 1.29 is 41.9 Å². The van der Waals surface area contributed by atoms with Crippen LogP contribution in [0, 0.1) is 13.8 Å². The van der Waals surface area contributed by atoms with Gasteiger partial charge in [0, 0.05) is 35.1 Å². The minimum Gasteiger partial charge on any atom is -0.507 e. The van der Waals surface area contributed by atoms with Crippen molar-refractivity contribution in [1.82, 2.24) is 9.97 Å². The van der Waals surface area contributed by atoms with Gasteiger partial charge in [-0.25, -0.2) is 9.97 Å². The molecule has 0 aliphatic rings. The Hall–Kier alpha value is -3.87. The molecule has 0 saturated carbocycles. The summed E-state index contributed by atoms with van der Waals surface area (Å²) in [6.07, 6.45) is 0. The Labute approximate surface area is 214 Å². The van der Waals surface area contributed by atoms with Crippen LogP contribution < -0.4 is 4.74 Å². The third kappa shape index (κ3) is 6.38. The molecule has 0 aliphatic carbocycles. The monoisotopic (exact) mass is 513 g/mol. The zero-order valence-corrected chi connectivity index (χ0v) is 21.0. The molecule has 1 radical (unpaired) electrons. The van der Waals surface area contributed by atoms with Gasteiger partial charge < -0.3 is 20.1 Å². The second kappa shape index (κ2) is 12.0. The van der Waals surface area contributed by atoms with E-state index in [1.54, 1.807) is 12.1 Å². The topological polar surface area (TPSA) is 113 Å². The molecule has 181 valence electrons. The first-order valence-corrected chi connectivity index (χ1v) is 10.5. The van der Waals surface area contributed by atoms with Gasteiger partial charge in [-0.05, 0) is 67.4 Å². The molecule has 3 N–H and O–H groups in total. The number of phenolic OH excluding ortho intramolecular Hbond substituents is 2. The SMILES string of the molecule is CC(=O)O.COc1cccc(-c2cccc(-c3cccc(-c4ccc(C)c(C)c4O)n3)n2)c1O.[Mn]. The van der Waals surface area contributed by atoms with Crippen LogP contribution in [0.25, 0.3) is 33.9 Å². The molecular formula is C27H26MnN2O5. The van der Waals surface area contributed by atoms with Gasteiger partial charge in [0.05, 0.1) is 29.9 Å². The van der Waals surface area contributed by atoms with Crippen LogP contribution in [0.1, 0.15) is 18.1 Å². The summed E-state index contributed by atoms with van der Waals surface area (Å²) in [6, 6.07) is 20.4. The van der Waals surface area contributed by atoms with Crippen LogP contribution in [0.3, 0.4) is 0 Å². The number of carbonyl (C=O) groups is 1. The number of carboxylic acid groups (broad SMARTS) is 1. The maximum Gasteiger partial charge on any atom is 0.300 e. The molecule has 0 amide bonds. The van der Waals surface area contributed by atoms with Gasteiger partial charge in [0.15, 0.2) is 11.5 Å². The van der Waals surface area contributed by atoms with E-state index < -0.39 is 5.97 Å². The Bertz CT molecular complexity index is 1340. The Kier molecular flexibility index (Phi) is 9.40. The minimum absolute atomic E-state index is 0. The second-order valence-corrected chi connectivity index (χ2v) is 7.60. The van der Waals surface area contributed by atoms with E-state index in [-0.39, 0.29) is 28.6 Å². The Morgan fingerprint density at radius 2 is 1.20 bits per heavy atom. The number of rotatable bonds is 4. The zero-order chi connectivity index (χ0) is 24.8. The number of aromatic nitrogens is 2. The fraction of sp³-hybridized carbons (Fsp3) is 0.148. The van der Waals surface area contributed by atoms with E-state index in [4.69, 9.17) is 24.6 Å². The van der Waals surface area contributed by atoms with Gasteiger partial charge in [-0.15, -0.1) is 0 Å². The van der Waals surface area contributed by atoms with Crippen molar-refractivity contribution in [2.75, 3.05) is 7.11 Å². The molecule has 2 heterocycles. The number of benzene rings is 2. The van der Waals surface area contributed by atoms with E-state index in [9.17, 15) is 10.2 Å². The van der Waals surface area contributed by atoms with Gasteiger partial charge in [-0.3, -0.25) is 4.79 Å². The maximum absolute atomic E-state index is 10.6. The van der Waals surface area contributed by atoms with E-state index in [0.29, 0.717) is 39.7 Å². The molecule has 7 nitrogen and oxygen atoms in total. The van der Waals surface area contributed by atoms with Gasteiger partial charge in [-0.2, -0.15) is 0 Å². The number of phenols is 2. The summed E-state index contributed by atoms with van der Waals surface area (Å²) < 4.78 is 5.20. The summed E-state index contributed by atoms with van der Waals surface area (Å²) in [6.45, 7) is 4.94. The first-order valence-electron chi connectivity index (χ1n) is 10.5. The fourth-order valence-electron chi connectivity index (χ4n) is 3.36. The third-order valence-corrected chi connectivity index (χ3v) is 5.23. The summed E-state index contributed by atoms with van der Waals surface area (Å²) in [7, 11) is 1.51. The van der Waals surface area contributed by atoms with Crippen molar-refractivity contribution in [1.29, 1.82) is 0 Å². The van der Waals surface area contributed by atoms with Gasteiger partial charge in [-0.1, -0.05) is 24.3 Å². The van der Waals surface area contributed by atoms with E-state index in [1.807, 2.05) is 68.4 Å². The summed E-state index contributed by atoms with van der Waals surface area (Å²) in [5.41, 5.74) is 5.76. The standard InChI is InChI=1S/C25H22N2O3.C2H4O2.Mn/c1-15-13-14-18(24(28)16(15)2)20-9-6-11-22(27-20)21-10-5-8-19(26-21)17-7-4-12-23(30-3)25(17)29;1-2(3)4;/h4-14,28-29H,1-3H3;1H3,(H,3,4);. The van der Waals surface area contributed by atoms with E-state index in [2.05, 4.69) is 0 Å². The molecule has 8 heteroatoms. The smallest absolute Gasteiger partial charge is 0.300 e. The maximum atomic E-state index is 10.6. The third-order valence-electron chi connectivity index (χ3n) is 5.23. The number of hydrogen-bond donors (Lipinski definition) is 3. The molecule has 35 heavy (non-hydrogen) atoms. The zero-order valence-electron chi connectivity index (χ0n) is 19.8. The van der Waals surface area contributed by atoms with Gasteiger partial charge in [0.25, 0.3) is 5.97 Å². The molecule has 0 fully saturated rings. The molecule has 2 aromatic carbocycles. The average molecular weight is 513 g/mol. The summed E-state index contributed by atoms with van der Waals surface area (Å²) in [5, 5.41) is 28.5. The quantitative estimate of drug-likeness (QED) is 0.305. The van der Waals surface area contributed by atoms with Crippen LogP contribution in [0.5, 0.6) is 17.2 Å². The molecule has 0 aliphatic heterocycles. The first kappa shape index (κ1) is 27.4. The van der Waals surface area contributed by atoms with Crippen molar-refractivity contribution >= 4 is 5.97 Å². The Morgan fingerprint density at radius 3 is 1.71 bits per heavy atom. The van der Waals surface area contributed by atoms with Gasteiger partial charge in [0.1, 0.15) is 5.75 Å². The van der Waals surface area contributed by atoms with Crippen molar-refractivity contribution in [2.24, 2.45) is 0 Å². The molecule has 4 aromatic rings. The summed E-state index contributed by atoms with van der Waals surface area (Å²) in [4.78, 5) is 18.4. The number of para-hydroxylation sites is 1. The molecule has 4 rings (SSSR count). The van der Waals surface area contributed by atoms with Crippen LogP contribution in [0.15, 0.2) is 66.7 Å². The number of hydrogen-bond acceptors (Lipinski definition) is 6. The Balaban J connectivity index is 0.000000804. The molecule has 0 saturated heterocycles. The molecule has 2 aromatic heterocycles. The minimum atomic E-state index is -0.833. The number of pyridine rings is 2. The molecule has 0 atom stereocenters. The normalized spacial score (nSPS) is 9.94. The summed E-state index contributed by atoms with van der Waals surface area (Å²) >= 11 is 0. The van der Waals surface area contributed by atoms with Gasteiger partial charge in [0.2, 0.25) is 0 Å².